The number of anilines is 1. The molecule has 0 aromatic heterocycles. The van der Waals surface area contributed by atoms with Crippen LogP contribution in [0.2, 0.25) is 0 Å². The highest BCUT2D eigenvalue weighted by Crippen LogP contribution is 2.30. The minimum Gasteiger partial charge on any atom is -0.495 e. The number of hydrogen-bond donors (Lipinski definition) is 1. The maximum atomic E-state index is 13.6. The van der Waals surface area contributed by atoms with Crippen molar-refractivity contribution in [1.82, 2.24) is 4.31 Å². The number of sulfonamides is 1. The molecule has 2 aromatic carbocycles. The molecular formula is C22H23FN2O7S. The first kappa shape index (κ1) is 24.4. The fraction of sp³-hybridized carbons (Fsp3) is 0.273. The molecule has 0 radical (unpaired) electrons. The number of carbonyl (C=O) groups is 2. The molecule has 11 heteroatoms. The van der Waals surface area contributed by atoms with Crippen LogP contribution in [0.15, 0.2) is 53.4 Å². The number of benzene rings is 2. The van der Waals surface area contributed by atoms with Gasteiger partial charge in [0, 0.05) is 30.4 Å². The van der Waals surface area contributed by atoms with E-state index in [1.165, 1.54) is 53.9 Å². The van der Waals surface area contributed by atoms with Crippen molar-refractivity contribution < 1.29 is 36.6 Å². The van der Waals surface area contributed by atoms with E-state index in [0.29, 0.717) is 0 Å². The first-order chi connectivity index (χ1) is 15.8. The highest BCUT2D eigenvalue weighted by atomic mass is 32.2. The van der Waals surface area contributed by atoms with Gasteiger partial charge in [-0.2, -0.15) is 4.31 Å². The second-order valence-electron chi connectivity index (χ2n) is 6.89. The van der Waals surface area contributed by atoms with Crippen molar-refractivity contribution >= 4 is 33.7 Å². The Kier molecular flexibility index (Phi) is 8.15. The van der Waals surface area contributed by atoms with Crippen LogP contribution in [0.4, 0.5) is 10.1 Å². The quantitative estimate of drug-likeness (QED) is 0.457. The lowest BCUT2D eigenvalue weighted by Crippen LogP contribution is -2.40. The number of hydrogen-bond acceptors (Lipinski definition) is 7. The summed E-state index contributed by atoms with van der Waals surface area (Å²) in [7, 11) is -2.53. The van der Waals surface area contributed by atoms with Crippen LogP contribution in [-0.4, -0.2) is 64.6 Å². The van der Waals surface area contributed by atoms with E-state index in [2.05, 4.69) is 5.32 Å². The van der Waals surface area contributed by atoms with Gasteiger partial charge < -0.3 is 19.5 Å². The smallest absolute Gasteiger partial charge is 0.331 e. The number of methoxy groups -OCH3 is 1. The highest BCUT2D eigenvalue weighted by molar-refractivity contribution is 7.89. The Hall–Kier alpha value is -3.28. The van der Waals surface area contributed by atoms with Crippen molar-refractivity contribution in [3.8, 4) is 5.75 Å². The summed E-state index contributed by atoms with van der Waals surface area (Å²) in [5.41, 5.74) is 0.386. The van der Waals surface area contributed by atoms with Crippen LogP contribution in [0, 0.1) is 5.82 Å². The minimum atomic E-state index is -3.87. The molecule has 3 rings (SSSR count). The number of nitrogens with zero attached hydrogens (tertiary/aromatic N) is 1. The van der Waals surface area contributed by atoms with Crippen LogP contribution in [0.1, 0.15) is 5.56 Å². The molecule has 1 N–H and O–H groups in total. The molecule has 1 heterocycles. The van der Waals surface area contributed by atoms with Gasteiger partial charge >= 0.3 is 5.97 Å². The maximum absolute atomic E-state index is 13.6. The average Bonchev–Trinajstić information content (AvgIpc) is 2.82. The molecule has 0 bridgehead atoms. The predicted molar refractivity (Wildman–Crippen MR) is 118 cm³/mol. The molecule has 33 heavy (non-hydrogen) atoms. The fourth-order valence-electron chi connectivity index (χ4n) is 3.03. The van der Waals surface area contributed by atoms with Gasteiger partial charge in [-0.3, -0.25) is 4.79 Å². The van der Waals surface area contributed by atoms with Crippen LogP contribution < -0.4 is 10.1 Å². The van der Waals surface area contributed by atoms with E-state index in [1.54, 1.807) is 6.07 Å². The first-order valence-corrected chi connectivity index (χ1v) is 11.4. The van der Waals surface area contributed by atoms with Crippen molar-refractivity contribution in [2.24, 2.45) is 0 Å². The minimum absolute atomic E-state index is 0.102. The van der Waals surface area contributed by atoms with Gasteiger partial charge in [0.15, 0.2) is 6.61 Å². The lowest BCUT2D eigenvalue weighted by molar-refractivity contribution is -0.142. The Labute approximate surface area is 190 Å². The van der Waals surface area contributed by atoms with Gasteiger partial charge in [-0.05, 0) is 30.3 Å². The van der Waals surface area contributed by atoms with Crippen molar-refractivity contribution in [2.75, 3.05) is 45.3 Å². The average molecular weight is 478 g/mol. The largest absolute Gasteiger partial charge is 0.495 e. The molecule has 0 aliphatic carbocycles. The Morgan fingerprint density at radius 3 is 2.61 bits per heavy atom. The summed E-state index contributed by atoms with van der Waals surface area (Å²) in [5, 5.41) is 2.48. The number of amides is 1. The molecule has 1 saturated heterocycles. The van der Waals surface area contributed by atoms with Crippen molar-refractivity contribution in [3.05, 3.63) is 59.9 Å². The topological polar surface area (TPSA) is 111 Å². The molecule has 1 fully saturated rings. The lowest BCUT2D eigenvalue weighted by atomic mass is 10.2. The number of nitrogens with one attached hydrogen (secondary N) is 1. The molecule has 0 saturated carbocycles. The third-order valence-corrected chi connectivity index (χ3v) is 6.60. The Bertz CT molecular complexity index is 1150. The number of ether oxygens (including phenoxy) is 3. The zero-order chi connectivity index (χ0) is 23.8. The SMILES string of the molecule is COc1ccc(NC(=O)COC(=O)/C=C/c2ccccc2F)cc1S(=O)(=O)N1CCOCC1. The Morgan fingerprint density at radius 1 is 1.18 bits per heavy atom. The number of rotatable bonds is 8. The van der Waals surface area contributed by atoms with E-state index >= 15 is 0 Å². The Morgan fingerprint density at radius 2 is 1.91 bits per heavy atom. The highest BCUT2D eigenvalue weighted by Gasteiger charge is 2.29. The van der Waals surface area contributed by atoms with Gasteiger partial charge in [0.1, 0.15) is 16.5 Å². The molecule has 9 nitrogen and oxygen atoms in total. The molecule has 1 aliphatic heterocycles. The summed E-state index contributed by atoms with van der Waals surface area (Å²) < 4.78 is 56.1. The van der Waals surface area contributed by atoms with Crippen LogP contribution >= 0.6 is 0 Å². The van der Waals surface area contributed by atoms with Crippen molar-refractivity contribution in [2.45, 2.75) is 4.90 Å². The van der Waals surface area contributed by atoms with E-state index in [0.717, 1.165) is 6.08 Å². The van der Waals surface area contributed by atoms with Gasteiger partial charge in [-0.25, -0.2) is 17.6 Å². The van der Waals surface area contributed by atoms with Gasteiger partial charge in [-0.1, -0.05) is 18.2 Å². The summed E-state index contributed by atoms with van der Waals surface area (Å²) in [6.07, 6.45) is 2.24. The van der Waals surface area contributed by atoms with Crippen LogP contribution in [-0.2, 0) is 29.1 Å². The fourth-order valence-corrected chi connectivity index (χ4v) is 4.62. The third kappa shape index (κ3) is 6.37. The monoisotopic (exact) mass is 478 g/mol. The number of carbonyl (C=O) groups excluding carboxylic acids is 2. The molecule has 1 aliphatic rings. The molecule has 0 atom stereocenters. The molecular weight excluding hydrogens is 455 g/mol. The molecule has 2 aromatic rings. The van der Waals surface area contributed by atoms with E-state index in [9.17, 15) is 22.4 Å². The summed E-state index contributed by atoms with van der Waals surface area (Å²) in [4.78, 5) is 23.9. The second-order valence-corrected chi connectivity index (χ2v) is 8.80. The van der Waals surface area contributed by atoms with Gasteiger partial charge in [-0.15, -0.1) is 0 Å². The molecule has 0 unspecified atom stereocenters. The zero-order valence-electron chi connectivity index (χ0n) is 17.8. The predicted octanol–water partition coefficient (Wildman–Crippen LogP) is 2.05. The van der Waals surface area contributed by atoms with Gasteiger partial charge in [0.25, 0.3) is 5.91 Å². The lowest BCUT2D eigenvalue weighted by Gasteiger charge is -2.26. The number of esters is 1. The van der Waals surface area contributed by atoms with Crippen molar-refractivity contribution in [1.29, 1.82) is 0 Å². The standard InChI is InChI=1S/C22H23FN2O7S/c1-30-19-8-7-17(14-20(19)33(28,29)25-10-12-31-13-11-25)24-21(26)15-32-22(27)9-6-16-4-2-3-5-18(16)23/h2-9,14H,10-13,15H2,1H3,(H,24,26)/b9-6+. The van der Waals surface area contributed by atoms with Gasteiger partial charge in [0.05, 0.1) is 20.3 Å². The summed E-state index contributed by atoms with van der Waals surface area (Å²) in [6.45, 7) is 0.373. The van der Waals surface area contributed by atoms with E-state index in [-0.39, 0.29) is 48.2 Å². The molecule has 176 valence electrons. The zero-order valence-corrected chi connectivity index (χ0v) is 18.6. The number of halogens is 1. The van der Waals surface area contributed by atoms with E-state index in [1.807, 2.05) is 0 Å². The van der Waals surface area contributed by atoms with E-state index < -0.39 is 34.3 Å². The summed E-state index contributed by atoms with van der Waals surface area (Å²) in [5.74, 6) is -1.88. The maximum Gasteiger partial charge on any atom is 0.331 e. The van der Waals surface area contributed by atoms with E-state index in [4.69, 9.17) is 14.2 Å². The number of morpholine rings is 1. The molecule has 0 spiro atoms. The van der Waals surface area contributed by atoms with Crippen LogP contribution in [0.3, 0.4) is 0 Å². The van der Waals surface area contributed by atoms with Gasteiger partial charge in [0.2, 0.25) is 10.0 Å². The Balaban J connectivity index is 1.63. The summed E-state index contributed by atoms with van der Waals surface area (Å²) in [6, 6.07) is 10.0. The summed E-state index contributed by atoms with van der Waals surface area (Å²) >= 11 is 0. The normalized spacial score (nSPS) is 14.7. The molecule has 1 amide bonds. The third-order valence-electron chi connectivity index (χ3n) is 4.68. The second kappa shape index (κ2) is 11.0. The van der Waals surface area contributed by atoms with Crippen LogP contribution in [0.25, 0.3) is 6.08 Å². The van der Waals surface area contributed by atoms with Crippen molar-refractivity contribution in [3.63, 3.8) is 0 Å². The first-order valence-electron chi connectivity index (χ1n) is 9.96. The van der Waals surface area contributed by atoms with Crippen LogP contribution in [0.5, 0.6) is 5.75 Å².